The van der Waals surface area contributed by atoms with Crippen LogP contribution < -0.4 is 4.90 Å². The molecule has 0 saturated heterocycles. The molecule has 3 heteroatoms. The molecule has 0 bridgehead atoms. The quantitative estimate of drug-likeness (QED) is 0.719. The van der Waals surface area contributed by atoms with E-state index in [1.54, 1.807) is 0 Å². The van der Waals surface area contributed by atoms with Gasteiger partial charge in [-0.15, -0.1) is 0 Å². The minimum absolute atomic E-state index is 0.408. The molecule has 3 aromatic rings. The third-order valence-electron chi connectivity index (χ3n) is 5.80. The first-order chi connectivity index (χ1) is 11.9. The maximum Gasteiger partial charge on any atom is 0.166 e. The Morgan fingerprint density at radius 1 is 1.04 bits per heavy atom. The fourth-order valence-electron chi connectivity index (χ4n) is 4.13. The summed E-state index contributed by atoms with van der Waals surface area (Å²) in [5.41, 5.74) is 4.11. The van der Waals surface area contributed by atoms with Gasteiger partial charge in [-0.25, -0.2) is 0 Å². The molecular formula is C22H24N2O. The third kappa shape index (κ3) is 2.09. The van der Waals surface area contributed by atoms with Gasteiger partial charge in [0.1, 0.15) is 0 Å². The van der Waals surface area contributed by atoms with Crippen LogP contribution in [-0.4, -0.2) is 22.9 Å². The SMILES string of the molecule is Cc1[nH]c2ccccc2c1/C=C/C1(O)N(C)c2ccccc2C1(C)C. The molecule has 0 spiro atoms. The number of para-hydroxylation sites is 2. The van der Waals surface area contributed by atoms with Gasteiger partial charge in [-0.3, -0.25) is 0 Å². The molecule has 0 radical (unpaired) electrons. The van der Waals surface area contributed by atoms with E-state index in [1.807, 2.05) is 42.3 Å². The minimum Gasteiger partial charge on any atom is -0.366 e. The highest BCUT2D eigenvalue weighted by molar-refractivity contribution is 5.90. The van der Waals surface area contributed by atoms with Crippen molar-refractivity contribution in [1.82, 2.24) is 4.98 Å². The van der Waals surface area contributed by atoms with Gasteiger partial charge in [-0.05, 0) is 30.7 Å². The number of aryl methyl sites for hydroxylation is 1. The zero-order valence-corrected chi connectivity index (χ0v) is 15.2. The first-order valence-corrected chi connectivity index (χ1v) is 8.68. The van der Waals surface area contributed by atoms with Gasteiger partial charge in [0.05, 0.1) is 0 Å². The van der Waals surface area contributed by atoms with E-state index in [1.165, 1.54) is 10.9 Å². The summed E-state index contributed by atoms with van der Waals surface area (Å²) in [7, 11) is 1.96. The Hall–Kier alpha value is -2.52. The van der Waals surface area contributed by atoms with Crippen molar-refractivity contribution in [3.05, 3.63) is 71.4 Å². The highest BCUT2D eigenvalue weighted by Crippen LogP contribution is 2.50. The van der Waals surface area contributed by atoms with E-state index in [0.717, 1.165) is 22.5 Å². The Bertz CT molecular complexity index is 983. The van der Waals surface area contributed by atoms with Crippen LogP contribution in [0.2, 0.25) is 0 Å². The Balaban J connectivity index is 1.82. The summed E-state index contributed by atoms with van der Waals surface area (Å²) in [6.45, 7) is 6.27. The number of aromatic nitrogens is 1. The summed E-state index contributed by atoms with van der Waals surface area (Å²) in [4.78, 5) is 5.39. The number of hydrogen-bond donors (Lipinski definition) is 2. The highest BCUT2D eigenvalue weighted by atomic mass is 16.3. The van der Waals surface area contributed by atoms with Crippen LogP contribution in [0.4, 0.5) is 5.69 Å². The maximum absolute atomic E-state index is 11.6. The lowest BCUT2D eigenvalue weighted by Crippen LogP contribution is -2.52. The number of nitrogens with zero attached hydrogens (tertiary/aromatic N) is 1. The predicted octanol–water partition coefficient (Wildman–Crippen LogP) is 4.61. The number of likely N-dealkylation sites (N-methyl/N-ethyl adjacent to an activating group) is 1. The molecule has 2 N–H and O–H groups in total. The number of nitrogens with one attached hydrogen (secondary N) is 1. The molecule has 2 heterocycles. The van der Waals surface area contributed by atoms with Crippen molar-refractivity contribution < 1.29 is 5.11 Å². The standard InChI is InChI=1S/C22H24N2O/c1-15-16(17-9-5-7-11-19(17)23-15)13-14-22(25)21(2,3)18-10-6-8-12-20(18)24(22)4/h5-14,23,25H,1-4H3/b14-13+. The highest BCUT2D eigenvalue weighted by Gasteiger charge is 2.53. The number of benzene rings is 2. The maximum atomic E-state index is 11.6. The molecule has 0 fully saturated rings. The van der Waals surface area contributed by atoms with Gasteiger partial charge in [0.25, 0.3) is 0 Å². The molecule has 1 unspecified atom stereocenters. The van der Waals surface area contributed by atoms with Crippen LogP contribution in [0, 0.1) is 6.92 Å². The average Bonchev–Trinajstić information content (AvgIpc) is 3.00. The number of H-pyrrole nitrogens is 1. The van der Waals surface area contributed by atoms with Gasteiger partial charge in [0.15, 0.2) is 5.72 Å². The molecule has 0 saturated carbocycles. The van der Waals surface area contributed by atoms with Crippen LogP contribution in [-0.2, 0) is 5.41 Å². The van der Waals surface area contributed by atoms with Crippen molar-refractivity contribution >= 4 is 22.7 Å². The fraction of sp³-hybridized carbons (Fsp3) is 0.273. The molecule has 0 aliphatic carbocycles. The smallest absolute Gasteiger partial charge is 0.166 e. The summed E-state index contributed by atoms with van der Waals surface area (Å²) in [6, 6.07) is 16.5. The van der Waals surface area contributed by atoms with Crippen LogP contribution in [0.25, 0.3) is 17.0 Å². The lowest BCUT2D eigenvalue weighted by molar-refractivity contribution is 0.0348. The molecule has 1 atom stereocenters. The van der Waals surface area contributed by atoms with Gasteiger partial charge in [-0.1, -0.05) is 56.3 Å². The number of fused-ring (bicyclic) bond motifs is 2. The first kappa shape index (κ1) is 16.0. The summed E-state index contributed by atoms with van der Waals surface area (Å²) in [5, 5.41) is 12.8. The zero-order chi connectivity index (χ0) is 17.8. The Morgan fingerprint density at radius 2 is 1.72 bits per heavy atom. The van der Waals surface area contributed by atoms with Crippen molar-refractivity contribution in [2.45, 2.75) is 31.9 Å². The lowest BCUT2D eigenvalue weighted by atomic mass is 9.77. The van der Waals surface area contributed by atoms with E-state index in [-0.39, 0.29) is 0 Å². The first-order valence-electron chi connectivity index (χ1n) is 8.68. The van der Waals surface area contributed by atoms with Crippen molar-refractivity contribution in [2.75, 3.05) is 11.9 Å². The molecule has 128 valence electrons. The van der Waals surface area contributed by atoms with Crippen LogP contribution in [0.3, 0.4) is 0 Å². The fourth-order valence-corrected chi connectivity index (χ4v) is 4.13. The third-order valence-corrected chi connectivity index (χ3v) is 5.80. The molecule has 25 heavy (non-hydrogen) atoms. The molecule has 1 aliphatic heterocycles. The lowest BCUT2D eigenvalue weighted by Gasteiger charge is -2.39. The average molecular weight is 332 g/mol. The van der Waals surface area contributed by atoms with E-state index in [4.69, 9.17) is 0 Å². The second-order valence-corrected chi connectivity index (χ2v) is 7.47. The molecule has 0 amide bonds. The second-order valence-electron chi connectivity index (χ2n) is 7.47. The summed E-state index contributed by atoms with van der Waals surface area (Å²) in [6.07, 6.45) is 3.99. The number of hydrogen-bond acceptors (Lipinski definition) is 2. The van der Waals surface area contributed by atoms with E-state index in [2.05, 4.69) is 56.1 Å². The van der Waals surface area contributed by atoms with Crippen LogP contribution >= 0.6 is 0 Å². The van der Waals surface area contributed by atoms with Gasteiger partial charge in [0, 0.05) is 40.3 Å². The minimum atomic E-state index is -1.08. The molecule has 3 nitrogen and oxygen atoms in total. The van der Waals surface area contributed by atoms with Crippen LogP contribution in [0.15, 0.2) is 54.6 Å². The number of anilines is 1. The van der Waals surface area contributed by atoms with E-state index in [9.17, 15) is 5.11 Å². The van der Waals surface area contributed by atoms with Crippen LogP contribution in [0.1, 0.15) is 30.7 Å². The molecule has 1 aromatic heterocycles. The van der Waals surface area contributed by atoms with E-state index in [0.29, 0.717) is 0 Å². The molecule has 1 aliphatic rings. The van der Waals surface area contributed by atoms with Crippen molar-refractivity contribution in [2.24, 2.45) is 0 Å². The number of aromatic amines is 1. The summed E-state index contributed by atoms with van der Waals surface area (Å²) in [5.74, 6) is 0. The van der Waals surface area contributed by atoms with Crippen molar-refractivity contribution in [3.63, 3.8) is 0 Å². The predicted molar refractivity (Wildman–Crippen MR) is 105 cm³/mol. The Morgan fingerprint density at radius 3 is 2.48 bits per heavy atom. The van der Waals surface area contributed by atoms with Gasteiger partial charge < -0.3 is 15.0 Å². The van der Waals surface area contributed by atoms with E-state index >= 15 is 0 Å². The van der Waals surface area contributed by atoms with Gasteiger partial charge in [0.2, 0.25) is 0 Å². The molecular weight excluding hydrogens is 308 g/mol. The van der Waals surface area contributed by atoms with Gasteiger partial charge >= 0.3 is 0 Å². The summed E-state index contributed by atoms with van der Waals surface area (Å²) >= 11 is 0. The van der Waals surface area contributed by atoms with Gasteiger partial charge in [-0.2, -0.15) is 0 Å². The second kappa shape index (κ2) is 5.24. The zero-order valence-electron chi connectivity index (χ0n) is 15.2. The monoisotopic (exact) mass is 332 g/mol. The number of rotatable bonds is 2. The largest absolute Gasteiger partial charge is 0.366 e. The molecule has 2 aromatic carbocycles. The number of aliphatic hydroxyl groups is 1. The normalized spacial score (nSPS) is 22.0. The van der Waals surface area contributed by atoms with Crippen molar-refractivity contribution in [3.8, 4) is 0 Å². The van der Waals surface area contributed by atoms with Crippen molar-refractivity contribution in [1.29, 1.82) is 0 Å². The Labute approximate surface area is 148 Å². The van der Waals surface area contributed by atoms with Crippen LogP contribution in [0.5, 0.6) is 0 Å². The molecule has 4 rings (SSSR count). The topological polar surface area (TPSA) is 39.3 Å². The van der Waals surface area contributed by atoms with E-state index < -0.39 is 11.1 Å². The Kier molecular flexibility index (Phi) is 3.35. The summed E-state index contributed by atoms with van der Waals surface area (Å²) < 4.78 is 0.